The molecule has 0 spiro atoms. The molecule has 0 aliphatic carbocycles. The third kappa shape index (κ3) is 3.67. The summed E-state index contributed by atoms with van der Waals surface area (Å²) in [5, 5.41) is 6.56. The van der Waals surface area contributed by atoms with Crippen LogP contribution in [0, 0.1) is 0 Å². The van der Waals surface area contributed by atoms with Crippen molar-refractivity contribution in [2.24, 2.45) is 0 Å². The van der Waals surface area contributed by atoms with Crippen molar-refractivity contribution < 1.29 is 14.3 Å². The first-order chi connectivity index (χ1) is 10.0. The fraction of sp³-hybridized carbons (Fsp3) is 0.562. The molecular weight excluding hydrogens is 268 g/mol. The molecule has 5 nitrogen and oxygen atoms in total. The summed E-state index contributed by atoms with van der Waals surface area (Å²) >= 11 is 0. The molecule has 1 saturated heterocycles. The lowest BCUT2D eigenvalue weighted by Crippen LogP contribution is -2.54. The van der Waals surface area contributed by atoms with Gasteiger partial charge in [-0.15, -0.1) is 0 Å². The molecule has 3 atom stereocenters. The predicted octanol–water partition coefficient (Wildman–Crippen LogP) is 1.96. The van der Waals surface area contributed by atoms with E-state index in [1.54, 1.807) is 32.4 Å². The zero-order valence-corrected chi connectivity index (χ0v) is 13.1. The summed E-state index contributed by atoms with van der Waals surface area (Å²) in [6, 6.07) is 6.12. The van der Waals surface area contributed by atoms with Crippen molar-refractivity contribution in [2.75, 3.05) is 14.2 Å². The maximum absolute atomic E-state index is 12.5. The lowest BCUT2D eigenvalue weighted by atomic mass is 9.95. The van der Waals surface area contributed by atoms with Crippen LogP contribution >= 0.6 is 0 Å². The minimum atomic E-state index is -0.126. The average Bonchev–Trinajstić information content (AvgIpc) is 2.49. The van der Waals surface area contributed by atoms with Gasteiger partial charge in [0.2, 0.25) is 0 Å². The quantitative estimate of drug-likeness (QED) is 0.890. The van der Waals surface area contributed by atoms with E-state index in [1.807, 2.05) is 0 Å². The molecule has 1 aromatic rings. The molecule has 1 fully saturated rings. The van der Waals surface area contributed by atoms with E-state index in [4.69, 9.17) is 9.47 Å². The standard InChI is InChI=1S/C16H24N2O3/c1-10-5-7-14(11(2)17-10)18-16(19)13-9-12(20-3)6-8-15(13)21-4/h6,8-11,14,17H,5,7H2,1-4H3,(H,18,19). The number of carbonyl (C=O) groups is 1. The van der Waals surface area contributed by atoms with Crippen LogP contribution in [0.3, 0.4) is 0 Å². The Labute approximate surface area is 126 Å². The first kappa shape index (κ1) is 15.6. The number of hydrogen-bond acceptors (Lipinski definition) is 4. The van der Waals surface area contributed by atoms with E-state index in [-0.39, 0.29) is 18.0 Å². The summed E-state index contributed by atoms with van der Waals surface area (Å²) in [5.74, 6) is 1.07. The topological polar surface area (TPSA) is 59.6 Å². The molecule has 1 aliphatic heterocycles. The van der Waals surface area contributed by atoms with E-state index in [2.05, 4.69) is 24.5 Å². The van der Waals surface area contributed by atoms with Crippen LogP contribution in [0.1, 0.15) is 37.0 Å². The molecule has 0 radical (unpaired) electrons. The minimum Gasteiger partial charge on any atom is -0.497 e. The fourth-order valence-corrected chi connectivity index (χ4v) is 2.76. The highest BCUT2D eigenvalue weighted by molar-refractivity contribution is 5.97. The number of amides is 1. The molecule has 1 aromatic carbocycles. The number of nitrogens with one attached hydrogen (secondary N) is 2. The van der Waals surface area contributed by atoms with E-state index in [9.17, 15) is 4.79 Å². The maximum Gasteiger partial charge on any atom is 0.255 e. The Morgan fingerprint density at radius 2 is 2.00 bits per heavy atom. The van der Waals surface area contributed by atoms with Crippen LogP contribution in [-0.2, 0) is 0 Å². The van der Waals surface area contributed by atoms with Crippen LogP contribution in [0.4, 0.5) is 0 Å². The SMILES string of the molecule is COc1ccc(OC)c(C(=O)NC2CCC(C)NC2C)c1. The third-order valence-corrected chi connectivity index (χ3v) is 4.03. The van der Waals surface area contributed by atoms with Gasteiger partial charge >= 0.3 is 0 Å². The molecule has 116 valence electrons. The van der Waals surface area contributed by atoms with E-state index in [1.165, 1.54) is 0 Å². The Morgan fingerprint density at radius 1 is 1.24 bits per heavy atom. The molecule has 1 amide bonds. The summed E-state index contributed by atoms with van der Waals surface area (Å²) in [6.45, 7) is 4.27. The highest BCUT2D eigenvalue weighted by atomic mass is 16.5. The van der Waals surface area contributed by atoms with Gasteiger partial charge in [0.25, 0.3) is 5.91 Å². The van der Waals surface area contributed by atoms with Gasteiger partial charge in [0.05, 0.1) is 19.8 Å². The third-order valence-electron chi connectivity index (χ3n) is 4.03. The van der Waals surface area contributed by atoms with Gasteiger partial charge in [-0.3, -0.25) is 4.79 Å². The molecule has 5 heteroatoms. The van der Waals surface area contributed by atoms with E-state index in [0.29, 0.717) is 23.1 Å². The van der Waals surface area contributed by atoms with E-state index in [0.717, 1.165) is 12.8 Å². The molecule has 1 heterocycles. The van der Waals surface area contributed by atoms with Crippen LogP contribution in [-0.4, -0.2) is 38.3 Å². The van der Waals surface area contributed by atoms with Gasteiger partial charge < -0.3 is 20.1 Å². The second kappa shape index (κ2) is 6.80. The zero-order valence-electron chi connectivity index (χ0n) is 13.1. The van der Waals surface area contributed by atoms with Gasteiger partial charge in [0, 0.05) is 18.1 Å². The molecule has 2 N–H and O–H groups in total. The molecule has 0 bridgehead atoms. The van der Waals surface area contributed by atoms with E-state index < -0.39 is 0 Å². The molecular formula is C16H24N2O3. The normalized spacial score (nSPS) is 25.2. The second-order valence-electron chi connectivity index (χ2n) is 5.58. The summed E-state index contributed by atoms with van der Waals surface area (Å²) in [5.41, 5.74) is 0.502. The van der Waals surface area contributed by atoms with Crippen LogP contribution in [0.25, 0.3) is 0 Å². The number of rotatable bonds is 4. The van der Waals surface area contributed by atoms with E-state index >= 15 is 0 Å². The first-order valence-corrected chi connectivity index (χ1v) is 7.34. The molecule has 2 rings (SSSR count). The highest BCUT2D eigenvalue weighted by Gasteiger charge is 2.27. The number of methoxy groups -OCH3 is 2. The highest BCUT2D eigenvalue weighted by Crippen LogP contribution is 2.24. The zero-order chi connectivity index (χ0) is 15.4. The largest absolute Gasteiger partial charge is 0.497 e. The van der Waals surface area contributed by atoms with Crippen LogP contribution in [0.5, 0.6) is 11.5 Å². The average molecular weight is 292 g/mol. The Kier molecular flexibility index (Phi) is 5.07. The lowest BCUT2D eigenvalue weighted by molar-refractivity contribution is 0.0911. The molecule has 1 aliphatic rings. The fourth-order valence-electron chi connectivity index (χ4n) is 2.76. The monoisotopic (exact) mass is 292 g/mol. The summed E-state index contributed by atoms with van der Waals surface area (Å²) in [7, 11) is 3.14. The Balaban J connectivity index is 2.12. The summed E-state index contributed by atoms with van der Waals surface area (Å²) in [4.78, 5) is 12.5. The summed E-state index contributed by atoms with van der Waals surface area (Å²) in [6.07, 6.45) is 2.04. The number of benzene rings is 1. The van der Waals surface area contributed by atoms with Crippen molar-refractivity contribution in [3.8, 4) is 11.5 Å². The molecule has 3 unspecified atom stereocenters. The van der Waals surface area contributed by atoms with Crippen molar-refractivity contribution in [1.29, 1.82) is 0 Å². The smallest absolute Gasteiger partial charge is 0.255 e. The van der Waals surface area contributed by atoms with Gasteiger partial charge in [0.15, 0.2) is 0 Å². The van der Waals surface area contributed by atoms with Gasteiger partial charge in [-0.2, -0.15) is 0 Å². The number of piperidine rings is 1. The minimum absolute atomic E-state index is 0.126. The van der Waals surface area contributed by atoms with Gasteiger partial charge in [-0.05, 0) is 44.9 Å². The van der Waals surface area contributed by atoms with Gasteiger partial charge in [-0.25, -0.2) is 0 Å². The molecule has 0 saturated carbocycles. The van der Waals surface area contributed by atoms with Crippen LogP contribution in [0.15, 0.2) is 18.2 Å². The Hall–Kier alpha value is -1.75. The second-order valence-corrected chi connectivity index (χ2v) is 5.58. The predicted molar refractivity (Wildman–Crippen MR) is 82.1 cm³/mol. The van der Waals surface area contributed by atoms with Crippen molar-refractivity contribution in [3.05, 3.63) is 23.8 Å². The Bertz CT molecular complexity index is 504. The van der Waals surface area contributed by atoms with Gasteiger partial charge in [-0.1, -0.05) is 0 Å². The van der Waals surface area contributed by atoms with Crippen molar-refractivity contribution in [1.82, 2.24) is 10.6 Å². The van der Waals surface area contributed by atoms with Crippen molar-refractivity contribution >= 4 is 5.91 Å². The Morgan fingerprint density at radius 3 is 2.62 bits per heavy atom. The molecule has 0 aromatic heterocycles. The van der Waals surface area contributed by atoms with Crippen molar-refractivity contribution in [2.45, 2.75) is 44.8 Å². The number of hydrogen-bond donors (Lipinski definition) is 2. The number of ether oxygens (including phenoxy) is 2. The molecule has 21 heavy (non-hydrogen) atoms. The maximum atomic E-state index is 12.5. The first-order valence-electron chi connectivity index (χ1n) is 7.34. The number of carbonyl (C=O) groups excluding carboxylic acids is 1. The van der Waals surface area contributed by atoms with Crippen LogP contribution in [0.2, 0.25) is 0 Å². The van der Waals surface area contributed by atoms with Crippen molar-refractivity contribution in [3.63, 3.8) is 0 Å². The lowest BCUT2D eigenvalue weighted by Gasteiger charge is -2.34. The summed E-state index contributed by atoms with van der Waals surface area (Å²) < 4.78 is 10.4. The van der Waals surface area contributed by atoms with Crippen LogP contribution < -0.4 is 20.1 Å². The van der Waals surface area contributed by atoms with Gasteiger partial charge in [0.1, 0.15) is 11.5 Å².